The smallest absolute Gasteiger partial charge is 0.349 e. The number of aromatic nitrogens is 1. The largest absolute Gasteiger partial charge is 0.505 e. The van der Waals surface area contributed by atoms with E-state index >= 15 is 0 Å². The van der Waals surface area contributed by atoms with Crippen molar-refractivity contribution in [3.05, 3.63) is 22.7 Å². The molecule has 0 aliphatic carbocycles. The average molecular weight is 209 g/mol. The topological polar surface area (TPSA) is 70.4 Å². The van der Waals surface area contributed by atoms with E-state index in [1.807, 2.05) is 6.92 Å². The number of hydrogen-bond donors (Lipinski definition) is 2. The molecule has 0 radical (unpaired) electrons. The normalized spacial score (nSPS) is 10.6. The van der Waals surface area contributed by atoms with Gasteiger partial charge < -0.3 is 10.2 Å². The number of aromatic carboxylic acids is 1. The summed E-state index contributed by atoms with van der Waals surface area (Å²) in [6, 6.07) is 3.41. The number of fused-ring (bicyclic) bond motifs is 1. The predicted molar refractivity (Wildman–Crippen MR) is 53.0 cm³/mol. The minimum absolute atomic E-state index is 0.0573. The molecule has 0 spiro atoms. The van der Waals surface area contributed by atoms with Crippen molar-refractivity contribution in [2.45, 2.75) is 6.92 Å². The van der Waals surface area contributed by atoms with Crippen LogP contribution in [0.5, 0.6) is 5.75 Å². The molecule has 2 aromatic rings. The minimum atomic E-state index is -1.12. The Kier molecular flexibility index (Phi) is 1.89. The third-order valence-corrected chi connectivity index (χ3v) is 2.94. The van der Waals surface area contributed by atoms with Crippen LogP contribution in [0, 0.1) is 6.92 Å². The van der Waals surface area contributed by atoms with Crippen molar-refractivity contribution in [1.82, 2.24) is 4.98 Å². The molecule has 0 unspecified atom stereocenters. The lowest BCUT2D eigenvalue weighted by atomic mass is 10.2. The number of rotatable bonds is 1. The van der Waals surface area contributed by atoms with Crippen LogP contribution in [0.15, 0.2) is 12.1 Å². The minimum Gasteiger partial charge on any atom is -0.505 e. The van der Waals surface area contributed by atoms with Crippen LogP contribution in [-0.2, 0) is 0 Å². The van der Waals surface area contributed by atoms with Crippen LogP contribution in [0.25, 0.3) is 10.2 Å². The Morgan fingerprint density at radius 3 is 2.86 bits per heavy atom. The van der Waals surface area contributed by atoms with E-state index in [1.54, 1.807) is 12.1 Å². The maximum absolute atomic E-state index is 10.7. The molecule has 0 aliphatic heterocycles. The summed E-state index contributed by atoms with van der Waals surface area (Å²) >= 11 is 0.986. The lowest BCUT2D eigenvalue weighted by Crippen LogP contribution is -1.90. The number of aryl methyl sites for hydroxylation is 1. The lowest BCUT2D eigenvalue weighted by Gasteiger charge is -1.91. The predicted octanol–water partition coefficient (Wildman–Crippen LogP) is 2.01. The van der Waals surface area contributed by atoms with Gasteiger partial charge in [-0.05, 0) is 19.1 Å². The molecule has 0 atom stereocenters. The fourth-order valence-corrected chi connectivity index (χ4v) is 2.15. The highest BCUT2D eigenvalue weighted by Gasteiger charge is 2.17. The molecular formula is C9H7NO3S. The van der Waals surface area contributed by atoms with E-state index in [2.05, 4.69) is 4.98 Å². The molecule has 4 nitrogen and oxygen atoms in total. The van der Waals surface area contributed by atoms with E-state index in [0.717, 1.165) is 17.0 Å². The number of hydrogen-bond acceptors (Lipinski definition) is 4. The van der Waals surface area contributed by atoms with E-state index in [4.69, 9.17) is 5.11 Å². The zero-order valence-electron chi connectivity index (χ0n) is 7.31. The first-order valence-corrected chi connectivity index (χ1v) is 4.73. The van der Waals surface area contributed by atoms with Gasteiger partial charge in [0.2, 0.25) is 0 Å². The molecule has 2 aromatic heterocycles. The molecule has 2 heterocycles. The van der Waals surface area contributed by atoms with Crippen LogP contribution >= 0.6 is 11.3 Å². The SMILES string of the molecule is Cc1ccc2c(O)c(C(=O)O)sc2n1. The Morgan fingerprint density at radius 2 is 2.21 bits per heavy atom. The standard InChI is InChI=1S/C9H7NO3S/c1-4-2-3-5-6(11)7(9(12)13)14-8(5)10-4/h2-3,11H,1H3,(H,12,13). The molecule has 2 rings (SSSR count). The van der Waals surface area contributed by atoms with Crippen molar-refractivity contribution in [2.75, 3.05) is 0 Å². The molecule has 0 aliphatic rings. The molecule has 0 bridgehead atoms. The highest BCUT2D eigenvalue weighted by Crippen LogP contribution is 2.35. The van der Waals surface area contributed by atoms with Gasteiger partial charge in [0.1, 0.15) is 4.83 Å². The van der Waals surface area contributed by atoms with Crippen LogP contribution in [0.1, 0.15) is 15.4 Å². The van der Waals surface area contributed by atoms with Gasteiger partial charge in [0.25, 0.3) is 0 Å². The highest BCUT2D eigenvalue weighted by molar-refractivity contribution is 7.20. The zero-order chi connectivity index (χ0) is 10.3. The van der Waals surface area contributed by atoms with Gasteiger partial charge in [-0.25, -0.2) is 9.78 Å². The second-order valence-corrected chi connectivity index (χ2v) is 3.89. The molecule has 72 valence electrons. The molecule has 0 saturated carbocycles. The molecule has 14 heavy (non-hydrogen) atoms. The summed E-state index contributed by atoms with van der Waals surface area (Å²) in [5, 5.41) is 18.8. The molecule has 2 N–H and O–H groups in total. The summed E-state index contributed by atoms with van der Waals surface area (Å²) in [6.07, 6.45) is 0. The van der Waals surface area contributed by atoms with Crippen LogP contribution in [0.2, 0.25) is 0 Å². The maximum atomic E-state index is 10.7. The third-order valence-electron chi connectivity index (χ3n) is 1.86. The maximum Gasteiger partial charge on any atom is 0.349 e. The van der Waals surface area contributed by atoms with E-state index in [-0.39, 0.29) is 10.6 Å². The Morgan fingerprint density at radius 1 is 1.50 bits per heavy atom. The van der Waals surface area contributed by atoms with Gasteiger partial charge in [-0.15, -0.1) is 11.3 Å². The summed E-state index contributed by atoms with van der Waals surface area (Å²) in [7, 11) is 0. The van der Waals surface area contributed by atoms with Crippen molar-refractivity contribution in [2.24, 2.45) is 0 Å². The number of carboxylic acids is 1. The number of pyridine rings is 1. The second kappa shape index (κ2) is 2.95. The summed E-state index contributed by atoms with van der Waals surface area (Å²) in [5.41, 5.74) is 0.802. The van der Waals surface area contributed by atoms with E-state index in [1.165, 1.54) is 0 Å². The van der Waals surface area contributed by atoms with E-state index in [0.29, 0.717) is 10.2 Å². The Balaban J connectivity index is 2.79. The molecule has 0 saturated heterocycles. The van der Waals surface area contributed by atoms with Gasteiger partial charge in [0, 0.05) is 5.69 Å². The second-order valence-electron chi connectivity index (χ2n) is 2.89. The highest BCUT2D eigenvalue weighted by atomic mass is 32.1. The van der Waals surface area contributed by atoms with Gasteiger partial charge in [-0.2, -0.15) is 0 Å². The van der Waals surface area contributed by atoms with Crippen molar-refractivity contribution in [3.63, 3.8) is 0 Å². The van der Waals surface area contributed by atoms with Gasteiger partial charge in [-0.3, -0.25) is 0 Å². The first-order valence-electron chi connectivity index (χ1n) is 3.92. The monoisotopic (exact) mass is 209 g/mol. The Labute approximate surface area is 83.5 Å². The van der Waals surface area contributed by atoms with E-state index < -0.39 is 5.97 Å². The average Bonchev–Trinajstić information content (AvgIpc) is 2.43. The number of nitrogens with zero attached hydrogens (tertiary/aromatic N) is 1. The van der Waals surface area contributed by atoms with Gasteiger partial charge in [0.15, 0.2) is 10.6 Å². The van der Waals surface area contributed by atoms with Crippen LogP contribution in [-0.4, -0.2) is 21.2 Å². The first-order chi connectivity index (χ1) is 6.59. The lowest BCUT2D eigenvalue weighted by molar-refractivity contribution is 0.0699. The van der Waals surface area contributed by atoms with Gasteiger partial charge in [-0.1, -0.05) is 0 Å². The summed E-state index contributed by atoms with van der Waals surface area (Å²) in [6.45, 7) is 1.82. The van der Waals surface area contributed by atoms with E-state index in [9.17, 15) is 9.90 Å². The number of carboxylic acid groups (broad SMARTS) is 1. The molecule has 0 aromatic carbocycles. The number of aromatic hydroxyl groups is 1. The van der Waals surface area contributed by atoms with Crippen LogP contribution in [0.4, 0.5) is 0 Å². The number of thiophene rings is 1. The molecule has 0 fully saturated rings. The number of carbonyl (C=O) groups is 1. The first kappa shape index (κ1) is 8.96. The van der Waals surface area contributed by atoms with Gasteiger partial charge in [0.05, 0.1) is 5.39 Å². The molecule has 5 heteroatoms. The quantitative estimate of drug-likeness (QED) is 0.753. The van der Waals surface area contributed by atoms with Crippen LogP contribution < -0.4 is 0 Å². The Bertz CT molecular complexity index is 518. The van der Waals surface area contributed by atoms with Crippen molar-refractivity contribution in [1.29, 1.82) is 0 Å². The Hall–Kier alpha value is -1.62. The summed E-state index contributed by atoms with van der Waals surface area (Å²) in [4.78, 5) is 15.3. The fourth-order valence-electron chi connectivity index (χ4n) is 1.20. The van der Waals surface area contributed by atoms with Crippen molar-refractivity contribution in [3.8, 4) is 5.75 Å². The fraction of sp³-hybridized carbons (Fsp3) is 0.111. The summed E-state index contributed by atoms with van der Waals surface area (Å²) in [5.74, 6) is -1.31. The summed E-state index contributed by atoms with van der Waals surface area (Å²) < 4.78 is 0. The van der Waals surface area contributed by atoms with Crippen molar-refractivity contribution >= 4 is 27.5 Å². The van der Waals surface area contributed by atoms with Crippen LogP contribution in [0.3, 0.4) is 0 Å². The van der Waals surface area contributed by atoms with Gasteiger partial charge >= 0.3 is 5.97 Å². The third kappa shape index (κ3) is 1.22. The molecular weight excluding hydrogens is 202 g/mol. The zero-order valence-corrected chi connectivity index (χ0v) is 8.13. The molecule has 0 amide bonds. The van der Waals surface area contributed by atoms with Crippen molar-refractivity contribution < 1.29 is 15.0 Å².